The highest BCUT2D eigenvalue weighted by molar-refractivity contribution is 7.89. The molecular weight excluding hydrogens is 288 g/mol. The molecule has 0 aromatic heterocycles. The molecule has 3 rings (SSSR count). The standard InChI is InChI=1S/C15H22N2O3S/c16-21(18,19)14-5-4-13(17-10-14)3-1-11-2-6-15-12(9-11)7-8-20-15/h2,6,9,13-14,17H,1,3-5,7-8,10H2,(H2,16,18,19). The summed E-state index contributed by atoms with van der Waals surface area (Å²) in [5.41, 5.74) is 2.63. The summed E-state index contributed by atoms with van der Waals surface area (Å²) in [6.45, 7) is 1.26. The van der Waals surface area contributed by atoms with Gasteiger partial charge in [-0.2, -0.15) is 0 Å². The molecule has 2 aliphatic heterocycles. The van der Waals surface area contributed by atoms with E-state index in [0.29, 0.717) is 19.0 Å². The first-order valence-corrected chi connectivity index (χ1v) is 9.13. The molecule has 0 spiro atoms. The summed E-state index contributed by atoms with van der Waals surface area (Å²) in [6.07, 6.45) is 4.56. The fourth-order valence-corrected chi connectivity index (χ4v) is 3.95. The summed E-state index contributed by atoms with van der Waals surface area (Å²) in [7, 11) is -3.40. The van der Waals surface area contributed by atoms with Gasteiger partial charge in [-0.15, -0.1) is 0 Å². The number of ether oxygens (including phenoxy) is 1. The van der Waals surface area contributed by atoms with Crippen LogP contribution in [0.3, 0.4) is 0 Å². The molecule has 5 nitrogen and oxygen atoms in total. The van der Waals surface area contributed by atoms with Crippen molar-refractivity contribution < 1.29 is 13.2 Å². The van der Waals surface area contributed by atoms with E-state index in [0.717, 1.165) is 38.0 Å². The Morgan fingerprint density at radius 1 is 1.33 bits per heavy atom. The number of fused-ring (bicyclic) bond motifs is 1. The highest BCUT2D eigenvalue weighted by atomic mass is 32.2. The maximum atomic E-state index is 11.3. The van der Waals surface area contributed by atoms with Crippen molar-refractivity contribution in [3.63, 3.8) is 0 Å². The number of hydrogen-bond acceptors (Lipinski definition) is 4. The van der Waals surface area contributed by atoms with Gasteiger partial charge < -0.3 is 10.1 Å². The van der Waals surface area contributed by atoms with Crippen LogP contribution in [0.15, 0.2) is 18.2 Å². The molecule has 1 fully saturated rings. The van der Waals surface area contributed by atoms with E-state index >= 15 is 0 Å². The minimum Gasteiger partial charge on any atom is -0.493 e. The van der Waals surface area contributed by atoms with Crippen LogP contribution in [0.5, 0.6) is 5.75 Å². The molecule has 0 bridgehead atoms. The number of primary sulfonamides is 1. The lowest BCUT2D eigenvalue weighted by molar-refractivity contribution is 0.356. The number of nitrogens with one attached hydrogen (secondary N) is 1. The summed E-state index contributed by atoms with van der Waals surface area (Å²) >= 11 is 0. The van der Waals surface area contributed by atoms with E-state index in [-0.39, 0.29) is 0 Å². The van der Waals surface area contributed by atoms with E-state index in [1.54, 1.807) is 0 Å². The van der Waals surface area contributed by atoms with Gasteiger partial charge in [0.1, 0.15) is 5.75 Å². The first kappa shape index (κ1) is 14.8. The van der Waals surface area contributed by atoms with Crippen LogP contribution >= 0.6 is 0 Å². The second kappa shape index (κ2) is 5.94. The zero-order valence-electron chi connectivity index (χ0n) is 12.0. The summed E-state index contributed by atoms with van der Waals surface area (Å²) in [6, 6.07) is 6.80. The quantitative estimate of drug-likeness (QED) is 0.868. The average molecular weight is 310 g/mol. The van der Waals surface area contributed by atoms with Gasteiger partial charge in [0.15, 0.2) is 0 Å². The van der Waals surface area contributed by atoms with Crippen LogP contribution in [0, 0.1) is 0 Å². The zero-order valence-corrected chi connectivity index (χ0v) is 12.9. The van der Waals surface area contributed by atoms with Gasteiger partial charge in [0, 0.05) is 19.0 Å². The minimum absolute atomic E-state index is 0.382. The van der Waals surface area contributed by atoms with E-state index in [9.17, 15) is 8.42 Å². The van der Waals surface area contributed by atoms with Crippen LogP contribution in [0.4, 0.5) is 0 Å². The number of sulfonamides is 1. The van der Waals surface area contributed by atoms with Crippen molar-refractivity contribution in [3.05, 3.63) is 29.3 Å². The van der Waals surface area contributed by atoms with Crippen molar-refractivity contribution >= 4 is 10.0 Å². The monoisotopic (exact) mass is 310 g/mol. The molecule has 116 valence electrons. The summed E-state index contributed by atoms with van der Waals surface area (Å²) in [4.78, 5) is 0. The summed E-state index contributed by atoms with van der Waals surface area (Å²) in [5.74, 6) is 1.02. The number of aryl methyl sites for hydroxylation is 1. The topological polar surface area (TPSA) is 81.4 Å². The van der Waals surface area contributed by atoms with Crippen LogP contribution in [0.2, 0.25) is 0 Å². The van der Waals surface area contributed by atoms with Gasteiger partial charge in [-0.3, -0.25) is 0 Å². The van der Waals surface area contributed by atoms with E-state index in [2.05, 4.69) is 23.5 Å². The molecule has 0 amide bonds. The van der Waals surface area contributed by atoms with Crippen molar-refractivity contribution in [1.82, 2.24) is 5.32 Å². The fourth-order valence-electron chi connectivity index (χ4n) is 3.15. The molecule has 2 heterocycles. The highest BCUT2D eigenvalue weighted by Crippen LogP contribution is 2.26. The number of benzene rings is 1. The predicted octanol–water partition coefficient (Wildman–Crippen LogP) is 0.963. The van der Waals surface area contributed by atoms with E-state index in [1.807, 2.05) is 0 Å². The molecule has 2 aliphatic rings. The van der Waals surface area contributed by atoms with Gasteiger partial charge in [-0.05, 0) is 42.9 Å². The van der Waals surface area contributed by atoms with Crippen molar-refractivity contribution in [2.45, 2.75) is 43.4 Å². The first-order valence-electron chi connectivity index (χ1n) is 7.52. The van der Waals surface area contributed by atoms with Crippen LogP contribution < -0.4 is 15.2 Å². The minimum atomic E-state index is -3.40. The zero-order chi connectivity index (χ0) is 14.9. The molecule has 21 heavy (non-hydrogen) atoms. The lowest BCUT2D eigenvalue weighted by Gasteiger charge is -2.28. The van der Waals surface area contributed by atoms with Crippen molar-refractivity contribution in [2.24, 2.45) is 5.14 Å². The summed E-state index contributed by atoms with van der Waals surface area (Å²) < 4.78 is 28.1. The Labute approximate surface area is 125 Å². The number of piperidine rings is 1. The lowest BCUT2D eigenvalue weighted by atomic mass is 9.97. The molecule has 1 saturated heterocycles. The maximum Gasteiger partial charge on any atom is 0.213 e. The molecule has 0 radical (unpaired) electrons. The van der Waals surface area contributed by atoms with Crippen LogP contribution in [0.1, 0.15) is 30.4 Å². The highest BCUT2D eigenvalue weighted by Gasteiger charge is 2.27. The Kier molecular flexibility index (Phi) is 4.19. The van der Waals surface area contributed by atoms with Crippen LogP contribution in [-0.4, -0.2) is 32.9 Å². The average Bonchev–Trinajstić information content (AvgIpc) is 2.92. The molecular formula is C15H22N2O3S. The Morgan fingerprint density at radius 2 is 2.19 bits per heavy atom. The normalized spacial score (nSPS) is 25.4. The number of nitrogens with two attached hydrogens (primary N) is 1. The molecule has 0 saturated carbocycles. The van der Waals surface area contributed by atoms with Crippen molar-refractivity contribution in [2.75, 3.05) is 13.2 Å². The van der Waals surface area contributed by atoms with Crippen molar-refractivity contribution in [1.29, 1.82) is 0 Å². The molecule has 0 aliphatic carbocycles. The largest absolute Gasteiger partial charge is 0.493 e. The Balaban J connectivity index is 1.50. The summed E-state index contributed by atoms with van der Waals surface area (Å²) in [5, 5.41) is 8.08. The Morgan fingerprint density at radius 3 is 2.90 bits per heavy atom. The Bertz CT molecular complexity index is 607. The van der Waals surface area contributed by atoms with Gasteiger partial charge in [-0.1, -0.05) is 12.1 Å². The molecule has 1 aromatic rings. The van der Waals surface area contributed by atoms with Gasteiger partial charge in [-0.25, -0.2) is 13.6 Å². The smallest absolute Gasteiger partial charge is 0.213 e. The van der Waals surface area contributed by atoms with Gasteiger partial charge in [0.25, 0.3) is 0 Å². The second-order valence-electron chi connectivity index (χ2n) is 5.97. The van der Waals surface area contributed by atoms with Gasteiger partial charge in [0.05, 0.1) is 11.9 Å². The van der Waals surface area contributed by atoms with Crippen LogP contribution in [0.25, 0.3) is 0 Å². The molecule has 1 aromatic carbocycles. The lowest BCUT2D eigenvalue weighted by Crippen LogP contribution is -2.46. The van der Waals surface area contributed by atoms with Gasteiger partial charge in [0.2, 0.25) is 10.0 Å². The third kappa shape index (κ3) is 3.56. The molecule has 2 atom stereocenters. The van der Waals surface area contributed by atoms with Crippen molar-refractivity contribution in [3.8, 4) is 5.75 Å². The van der Waals surface area contributed by atoms with E-state index in [1.165, 1.54) is 11.1 Å². The fraction of sp³-hybridized carbons (Fsp3) is 0.600. The maximum absolute atomic E-state index is 11.3. The molecule has 6 heteroatoms. The third-order valence-electron chi connectivity index (χ3n) is 4.47. The van der Waals surface area contributed by atoms with Crippen LogP contribution in [-0.2, 0) is 22.9 Å². The third-order valence-corrected chi connectivity index (χ3v) is 5.80. The number of rotatable bonds is 4. The Hall–Kier alpha value is -1.11. The predicted molar refractivity (Wildman–Crippen MR) is 81.9 cm³/mol. The number of hydrogen-bond donors (Lipinski definition) is 2. The SMILES string of the molecule is NS(=O)(=O)C1CCC(CCc2ccc3c(c2)CCO3)NC1. The van der Waals surface area contributed by atoms with Gasteiger partial charge >= 0.3 is 0 Å². The van der Waals surface area contributed by atoms with E-state index < -0.39 is 15.3 Å². The molecule has 2 unspecified atom stereocenters. The van der Waals surface area contributed by atoms with E-state index in [4.69, 9.17) is 9.88 Å². The molecule has 3 N–H and O–H groups in total. The first-order chi connectivity index (χ1) is 10.0. The second-order valence-corrected chi connectivity index (χ2v) is 7.82.